The van der Waals surface area contributed by atoms with Crippen molar-refractivity contribution < 1.29 is 9.84 Å². The highest BCUT2D eigenvalue weighted by Crippen LogP contribution is 2.19. The molecule has 0 saturated carbocycles. The fraction of sp³-hybridized carbons (Fsp3) is 0.500. The second-order valence-corrected chi connectivity index (χ2v) is 4.07. The highest BCUT2D eigenvalue weighted by atomic mass is 16.5. The number of aliphatic hydroxyl groups is 1. The molecule has 0 fully saturated rings. The monoisotopic (exact) mass is 194 g/mol. The highest BCUT2D eigenvalue weighted by Gasteiger charge is 2.18. The molecule has 0 saturated heterocycles. The van der Waals surface area contributed by atoms with E-state index in [0.29, 0.717) is 0 Å². The summed E-state index contributed by atoms with van der Waals surface area (Å²) in [7, 11) is 1.71. The van der Waals surface area contributed by atoms with Gasteiger partial charge >= 0.3 is 0 Å². The Bertz CT molecular complexity index is 292. The molecular weight excluding hydrogens is 176 g/mol. The predicted octanol–water partition coefficient (Wildman–Crippen LogP) is 2.15. The van der Waals surface area contributed by atoms with Crippen LogP contribution in [0.1, 0.15) is 25.0 Å². The lowest BCUT2D eigenvalue weighted by atomic mass is 9.95. The molecule has 0 atom stereocenters. The van der Waals surface area contributed by atoms with Crippen LogP contribution in [0.5, 0.6) is 0 Å². The minimum absolute atomic E-state index is 0.0932. The van der Waals surface area contributed by atoms with E-state index in [9.17, 15) is 0 Å². The standard InChI is InChI=1S/C12H18O2/c1-12(2,14-3)8-10-6-4-5-7-11(10)9-13/h4-7,13H,8-9H2,1-3H3. The Kier molecular flexibility index (Phi) is 3.67. The van der Waals surface area contributed by atoms with Gasteiger partial charge in [0.15, 0.2) is 0 Å². The Morgan fingerprint density at radius 1 is 1.21 bits per heavy atom. The van der Waals surface area contributed by atoms with Gasteiger partial charge in [0, 0.05) is 13.5 Å². The molecule has 0 bridgehead atoms. The second kappa shape index (κ2) is 4.58. The van der Waals surface area contributed by atoms with Gasteiger partial charge in [-0.25, -0.2) is 0 Å². The van der Waals surface area contributed by atoms with Gasteiger partial charge in [-0.15, -0.1) is 0 Å². The van der Waals surface area contributed by atoms with Crippen molar-refractivity contribution in [1.29, 1.82) is 0 Å². The molecule has 78 valence electrons. The van der Waals surface area contributed by atoms with Crippen molar-refractivity contribution in [3.8, 4) is 0 Å². The number of hydrogen-bond donors (Lipinski definition) is 1. The average Bonchev–Trinajstić information content (AvgIpc) is 2.18. The molecule has 0 radical (unpaired) electrons. The summed E-state index contributed by atoms with van der Waals surface area (Å²) < 4.78 is 5.36. The summed E-state index contributed by atoms with van der Waals surface area (Å²) in [5.41, 5.74) is 1.96. The van der Waals surface area contributed by atoms with Crippen LogP contribution in [0, 0.1) is 0 Å². The van der Waals surface area contributed by atoms with Gasteiger partial charge in [-0.05, 0) is 25.0 Å². The first-order chi connectivity index (χ1) is 6.59. The molecule has 14 heavy (non-hydrogen) atoms. The first-order valence-electron chi connectivity index (χ1n) is 4.82. The second-order valence-electron chi connectivity index (χ2n) is 4.07. The van der Waals surface area contributed by atoms with Crippen LogP contribution in [0.3, 0.4) is 0 Å². The number of rotatable bonds is 4. The zero-order valence-electron chi connectivity index (χ0n) is 9.08. The van der Waals surface area contributed by atoms with Crippen LogP contribution in [0.15, 0.2) is 24.3 Å². The summed E-state index contributed by atoms with van der Waals surface area (Å²) in [6, 6.07) is 7.91. The Morgan fingerprint density at radius 2 is 1.79 bits per heavy atom. The van der Waals surface area contributed by atoms with Crippen molar-refractivity contribution in [2.24, 2.45) is 0 Å². The zero-order chi connectivity index (χ0) is 10.6. The lowest BCUT2D eigenvalue weighted by Crippen LogP contribution is -2.26. The van der Waals surface area contributed by atoms with Crippen LogP contribution in [-0.4, -0.2) is 17.8 Å². The summed E-state index contributed by atoms with van der Waals surface area (Å²) in [5, 5.41) is 9.15. The van der Waals surface area contributed by atoms with E-state index in [1.807, 2.05) is 38.1 Å². The number of ether oxygens (including phenoxy) is 1. The summed E-state index contributed by atoms with van der Waals surface area (Å²) in [6.45, 7) is 4.18. The number of methoxy groups -OCH3 is 1. The first-order valence-corrected chi connectivity index (χ1v) is 4.82. The normalized spacial score (nSPS) is 11.7. The van der Waals surface area contributed by atoms with Crippen LogP contribution in [0.4, 0.5) is 0 Å². The van der Waals surface area contributed by atoms with E-state index in [0.717, 1.165) is 17.5 Å². The van der Waals surface area contributed by atoms with Gasteiger partial charge < -0.3 is 9.84 Å². The predicted molar refractivity (Wildman–Crippen MR) is 57.2 cm³/mol. The molecule has 2 nitrogen and oxygen atoms in total. The largest absolute Gasteiger partial charge is 0.392 e. The van der Waals surface area contributed by atoms with Crippen molar-refractivity contribution in [3.05, 3.63) is 35.4 Å². The van der Waals surface area contributed by atoms with E-state index >= 15 is 0 Å². The molecular formula is C12H18O2. The fourth-order valence-corrected chi connectivity index (χ4v) is 1.42. The molecule has 1 aromatic carbocycles. The number of hydrogen-bond acceptors (Lipinski definition) is 2. The minimum Gasteiger partial charge on any atom is -0.392 e. The molecule has 0 aliphatic heterocycles. The van der Waals surface area contributed by atoms with Crippen LogP contribution < -0.4 is 0 Å². The Balaban J connectivity index is 2.85. The Labute approximate surface area is 85.5 Å². The van der Waals surface area contributed by atoms with Gasteiger partial charge in [0.1, 0.15) is 0 Å². The lowest BCUT2D eigenvalue weighted by molar-refractivity contribution is 0.0228. The summed E-state index contributed by atoms with van der Waals surface area (Å²) in [5.74, 6) is 0. The van der Waals surface area contributed by atoms with E-state index in [1.54, 1.807) is 7.11 Å². The first kappa shape index (κ1) is 11.2. The third kappa shape index (κ3) is 2.82. The summed E-state index contributed by atoms with van der Waals surface area (Å²) in [6.07, 6.45) is 0.820. The van der Waals surface area contributed by atoms with Gasteiger partial charge in [-0.2, -0.15) is 0 Å². The molecule has 0 spiro atoms. The lowest BCUT2D eigenvalue weighted by Gasteiger charge is -2.23. The van der Waals surface area contributed by atoms with Gasteiger partial charge in [-0.3, -0.25) is 0 Å². The van der Waals surface area contributed by atoms with E-state index in [-0.39, 0.29) is 12.2 Å². The van der Waals surface area contributed by atoms with Crippen LogP contribution >= 0.6 is 0 Å². The van der Waals surface area contributed by atoms with Crippen molar-refractivity contribution in [2.75, 3.05) is 7.11 Å². The average molecular weight is 194 g/mol. The van der Waals surface area contributed by atoms with E-state index < -0.39 is 0 Å². The van der Waals surface area contributed by atoms with E-state index in [1.165, 1.54) is 0 Å². The quantitative estimate of drug-likeness (QED) is 0.795. The molecule has 0 aliphatic carbocycles. The molecule has 1 aromatic rings. The van der Waals surface area contributed by atoms with E-state index in [4.69, 9.17) is 9.84 Å². The smallest absolute Gasteiger partial charge is 0.0684 e. The number of benzene rings is 1. The van der Waals surface area contributed by atoms with Crippen molar-refractivity contribution in [3.63, 3.8) is 0 Å². The Morgan fingerprint density at radius 3 is 2.29 bits per heavy atom. The SMILES string of the molecule is COC(C)(C)Cc1ccccc1CO. The third-order valence-corrected chi connectivity index (χ3v) is 2.46. The van der Waals surface area contributed by atoms with Gasteiger partial charge in [0.2, 0.25) is 0 Å². The maximum Gasteiger partial charge on any atom is 0.0684 e. The van der Waals surface area contributed by atoms with Gasteiger partial charge in [-0.1, -0.05) is 24.3 Å². The fourth-order valence-electron chi connectivity index (χ4n) is 1.42. The maximum atomic E-state index is 9.15. The third-order valence-electron chi connectivity index (χ3n) is 2.46. The zero-order valence-corrected chi connectivity index (χ0v) is 9.08. The molecule has 0 unspecified atom stereocenters. The van der Waals surface area contributed by atoms with Crippen LogP contribution in [0.25, 0.3) is 0 Å². The van der Waals surface area contributed by atoms with Crippen molar-refractivity contribution >= 4 is 0 Å². The molecule has 0 aliphatic rings. The molecule has 0 aromatic heterocycles. The Hall–Kier alpha value is -0.860. The van der Waals surface area contributed by atoms with Crippen LogP contribution in [0.2, 0.25) is 0 Å². The summed E-state index contributed by atoms with van der Waals surface area (Å²) >= 11 is 0. The minimum atomic E-state index is -0.175. The molecule has 2 heteroatoms. The van der Waals surface area contributed by atoms with Crippen molar-refractivity contribution in [2.45, 2.75) is 32.5 Å². The topological polar surface area (TPSA) is 29.5 Å². The van der Waals surface area contributed by atoms with Crippen LogP contribution in [-0.2, 0) is 17.8 Å². The molecule has 0 heterocycles. The maximum absolute atomic E-state index is 9.15. The molecule has 1 rings (SSSR count). The van der Waals surface area contributed by atoms with Crippen molar-refractivity contribution in [1.82, 2.24) is 0 Å². The summed E-state index contributed by atoms with van der Waals surface area (Å²) in [4.78, 5) is 0. The number of aliphatic hydroxyl groups excluding tert-OH is 1. The highest BCUT2D eigenvalue weighted by molar-refractivity contribution is 5.27. The van der Waals surface area contributed by atoms with E-state index in [2.05, 4.69) is 0 Å². The molecule has 1 N–H and O–H groups in total. The molecule has 0 amide bonds. The van der Waals surface area contributed by atoms with Gasteiger partial charge in [0.05, 0.1) is 12.2 Å². The van der Waals surface area contributed by atoms with Gasteiger partial charge in [0.25, 0.3) is 0 Å².